The van der Waals surface area contributed by atoms with E-state index >= 15 is 0 Å². The monoisotopic (exact) mass is 343 g/mol. The molecule has 0 N–H and O–H groups in total. The van der Waals surface area contributed by atoms with Crippen LogP contribution in [0.2, 0.25) is 0 Å². The van der Waals surface area contributed by atoms with Gasteiger partial charge in [-0.2, -0.15) is 9.90 Å². The van der Waals surface area contributed by atoms with Gasteiger partial charge in [-0.3, -0.25) is 0 Å². The number of aryl methyl sites for hydroxylation is 1. The Labute approximate surface area is 144 Å². The second kappa shape index (κ2) is 16.0. The third-order valence-corrected chi connectivity index (χ3v) is 8.28. The molecule has 1 rings (SSSR count). The van der Waals surface area contributed by atoms with Crippen LogP contribution >= 0.6 is 17.2 Å². The molecule has 0 nitrogen and oxygen atoms in total. The predicted octanol–water partition coefficient (Wildman–Crippen LogP) is 7.09. The average molecular weight is 343 g/mol. The van der Waals surface area contributed by atoms with E-state index in [-0.39, 0.29) is 9.90 Å². The molecule has 0 aliphatic rings. The standard InChI is InChI=1S/C13H30P.C7H8.H3P/c1-5-8-11-14(4,12-9-6-2)13-10-7-3;1-7-5-3-2-4-6-7;/h5-13H2,1-4H3;2-6H,1H3;1H3/q+1;;. The van der Waals surface area contributed by atoms with Crippen LogP contribution in [0.5, 0.6) is 0 Å². The maximum Gasteiger partial charge on any atom is 0.0591 e. The molecule has 130 valence electrons. The number of unbranched alkanes of at least 4 members (excludes halogenated alkanes) is 3. The zero-order valence-corrected chi connectivity index (χ0v) is 18.2. The lowest BCUT2D eigenvalue weighted by Crippen LogP contribution is -2.07. The summed E-state index contributed by atoms with van der Waals surface area (Å²) in [5, 5.41) is 0. The number of hydrogen-bond donors (Lipinski definition) is 0. The lowest BCUT2D eigenvalue weighted by Gasteiger charge is -2.22. The lowest BCUT2D eigenvalue weighted by atomic mass is 10.2. The van der Waals surface area contributed by atoms with E-state index in [4.69, 9.17) is 0 Å². The van der Waals surface area contributed by atoms with E-state index in [2.05, 4.69) is 46.5 Å². The van der Waals surface area contributed by atoms with Gasteiger partial charge in [-0.15, -0.1) is 0 Å². The molecule has 0 spiro atoms. The molecule has 2 heteroatoms. The molecule has 0 saturated carbocycles. The van der Waals surface area contributed by atoms with E-state index in [9.17, 15) is 0 Å². The van der Waals surface area contributed by atoms with E-state index in [1.165, 1.54) is 44.1 Å². The highest BCUT2D eigenvalue weighted by molar-refractivity contribution is 7.75. The summed E-state index contributed by atoms with van der Waals surface area (Å²) in [6, 6.07) is 10.3. The van der Waals surface area contributed by atoms with Gasteiger partial charge in [0.05, 0.1) is 18.5 Å². The molecule has 0 amide bonds. The Morgan fingerprint density at radius 1 is 0.727 bits per heavy atom. The van der Waals surface area contributed by atoms with Crippen molar-refractivity contribution < 1.29 is 0 Å². The minimum Gasteiger partial charge on any atom is -0.153 e. The number of rotatable bonds is 9. The minimum atomic E-state index is -0.519. The van der Waals surface area contributed by atoms with E-state index in [0.29, 0.717) is 0 Å². The van der Waals surface area contributed by atoms with Crippen molar-refractivity contribution in [1.29, 1.82) is 0 Å². The fraction of sp³-hybridized carbons (Fsp3) is 0.700. The molecule has 1 aromatic carbocycles. The second-order valence-corrected chi connectivity index (χ2v) is 11.1. The topological polar surface area (TPSA) is 0 Å². The zero-order valence-electron chi connectivity index (χ0n) is 15.9. The van der Waals surface area contributed by atoms with Gasteiger partial charge in [-0.1, -0.05) is 75.9 Å². The van der Waals surface area contributed by atoms with Crippen molar-refractivity contribution in [3.8, 4) is 0 Å². The highest BCUT2D eigenvalue weighted by Crippen LogP contribution is 2.57. The van der Waals surface area contributed by atoms with Crippen LogP contribution in [0, 0.1) is 6.92 Å². The Balaban J connectivity index is 0. The maximum atomic E-state index is 2.62. The van der Waals surface area contributed by atoms with Gasteiger partial charge >= 0.3 is 0 Å². The van der Waals surface area contributed by atoms with Crippen LogP contribution < -0.4 is 0 Å². The van der Waals surface area contributed by atoms with Crippen LogP contribution in [0.4, 0.5) is 0 Å². The van der Waals surface area contributed by atoms with E-state index < -0.39 is 7.26 Å². The molecule has 22 heavy (non-hydrogen) atoms. The first-order valence-corrected chi connectivity index (χ1v) is 11.7. The Hall–Kier alpha value is 0.0800. The van der Waals surface area contributed by atoms with Crippen LogP contribution in [0.1, 0.15) is 64.9 Å². The lowest BCUT2D eigenvalue weighted by molar-refractivity contribution is 0.838. The molecular weight excluding hydrogens is 302 g/mol. The van der Waals surface area contributed by atoms with Crippen molar-refractivity contribution in [1.82, 2.24) is 0 Å². The molecule has 0 bridgehead atoms. The van der Waals surface area contributed by atoms with Crippen molar-refractivity contribution in [2.45, 2.75) is 66.2 Å². The molecule has 1 atom stereocenters. The molecule has 0 saturated heterocycles. The molecule has 0 fully saturated rings. The Bertz CT molecular complexity index is 300. The molecule has 0 aromatic heterocycles. The Morgan fingerprint density at radius 2 is 1.09 bits per heavy atom. The van der Waals surface area contributed by atoms with Crippen molar-refractivity contribution in [2.24, 2.45) is 0 Å². The summed E-state index contributed by atoms with van der Waals surface area (Å²) >= 11 is 0. The Kier molecular flexibility index (Phi) is 17.6. The van der Waals surface area contributed by atoms with E-state index in [1.54, 1.807) is 18.5 Å². The van der Waals surface area contributed by atoms with Gasteiger partial charge in [0.25, 0.3) is 0 Å². The van der Waals surface area contributed by atoms with Gasteiger partial charge in [0.1, 0.15) is 0 Å². The highest BCUT2D eigenvalue weighted by atomic mass is 31.2. The van der Waals surface area contributed by atoms with Crippen LogP contribution in [-0.4, -0.2) is 25.2 Å². The van der Waals surface area contributed by atoms with Crippen molar-refractivity contribution in [2.75, 3.05) is 25.2 Å². The molecule has 0 heterocycles. The normalized spacial score (nSPS) is 10.4. The molecule has 1 unspecified atom stereocenters. The molecule has 0 radical (unpaired) electrons. The summed E-state index contributed by atoms with van der Waals surface area (Å²) in [6.45, 7) is 11.7. The second-order valence-electron chi connectivity index (χ2n) is 6.51. The summed E-state index contributed by atoms with van der Waals surface area (Å²) in [7, 11) is -0.519. The first-order chi connectivity index (χ1) is 10.1. The quantitative estimate of drug-likeness (QED) is 0.420. The van der Waals surface area contributed by atoms with Gasteiger partial charge in [0, 0.05) is 13.9 Å². The summed E-state index contributed by atoms with van der Waals surface area (Å²) in [5.74, 6) is 0. The Morgan fingerprint density at radius 3 is 1.32 bits per heavy atom. The number of benzene rings is 1. The van der Waals surface area contributed by atoms with Crippen molar-refractivity contribution >= 4 is 17.2 Å². The summed E-state index contributed by atoms with van der Waals surface area (Å²) in [4.78, 5) is 0. The van der Waals surface area contributed by atoms with Gasteiger partial charge in [0.2, 0.25) is 0 Å². The van der Waals surface area contributed by atoms with Crippen molar-refractivity contribution in [3.05, 3.63) is 35.9 Å². The molecule has 1 aromatic rings. The largest absolute Gasteiger partial charge is 0.153 e. The fourth-order valence-corrected chi connectivity index (χ4v) is 6.40. The fourth-order valence-electron chi connectivity index (χ4n) is 2.49. The summed E-state index contributed by atoms with van der Waals surface area (Å²) in [6.07, 6.45) is 13.2. The van der Waals surface area contributed by atoms with Gasteiger partial charge in [-0.05, 0) is 26.2 Å². The SMILES string of the molecule is CCCC[P+](C)(CCCC)CCCC.Cc1ccccc1.P. The van der Waals surface area contributed by atoms with Gasteiger partial charge < -0.3 is 0 Å². The first kappa shape index (κ1) is 24.3. The highest BCUT2D eigenvalue weighted by Gasteiger charge is 2.28. The van der Waals surface area contributed by atoms with E-state index in [1.807, 2.05) is 18.2 Å². The van der Waals surface area contributed by atoms with Crippen LogP contribution in [0.25, 0.3) is 0 Å². The average Bonchev–Trinajstić information content (AvgIpc) is 2.51. The molecule has 0 aliphatic carbocycles. The smallest absolute Gasteiger partial charge is 0.0591 e. The van der Waals surface area contributed by atoms with Crippen molar-refractivity contribution in [3.63, 3.8) is 0 Å². The third-order valence-electron chi connectivity index (χ3n) is 4.09. The maximum absolute atomic E-state index is 2.62. The minimum absolute atomic E-state index is 0. The summed E-state index contributed by atoms with van der Waals surface area (Å²) in [5.41, 5.74) is 1.32. The zero-order chi connectivity index (χ0) is 16.0. The molecule has 0 aliphatic heterocycles. The summed E-state index contributed by atoms with van der Waals surface area (Å²) < 4.78 is 0. The van der Waals surface area contributed by atoms with E-state index in [0.717, 1.165) is 0 Å². The third kappa shape index (κ3) is 13.7. The number of hydrogen-bond acceptors (Lipinski definition) is 0. The van der Waals surface area contributed by atoms with Crippen LogP contribution in [-0.2, 0) is 0 Å². The first-order valence-electron chi connectivity index (χ1n) is 8.93. The van der Waals surface area contributed by atoms with Crippen LogP contribution in [0.3, 0.4) is 0 Å². The van der Waals surface area contributed by atoms with Gasteiger partial charge in [0.15, 0.2) is 0 Å². The van der Waals surface area contributed by atoms with Gasteiger partial charge in [-0.25, -0.2) is 0 Å². The molecular formula is C20H41P2+. The predicted molar refractivity (Wildman–Crippen MR) is 114 cm³/mol. The van der Waals surface area contributed by atoms with Crippen LogP contribution in [0.15, 0.2) is 30.3 Å².